The lowest BCUT2D eigenvalue weighted by atomic mass is 9.99. The van der Waals surface area contributed by atoms with Crippen LogP contribution < -0.4 is 5.32 Å². The smallest absolute Gasteiger partial charge is 0.329 e. The molecule has 1 N–H and O–H groups in total. The number of benzene rings is 1. The van der Waals surface area contributed by atoms with Gasteiger partial charge in [0.15, 0.2) is 0 Å². The Morgan fingerprint density at radius 3 is 2.23 bits per heavy atom. The first kappa shape index (κ1) is 18.2. The predicted molar refractivity (Wildman–Crippen MR) is 88.5 cm³/mol. The van der Waals surface area contributed by atoms with Crippen LogP contribution in [0.5, 0.6) is 0 Å². The van der Waals surface area contributed by atoms with Gasteiger partial charge < -0.3 is 14.8 Å². The minimum Gasteiger partial charge on any atom is -0.465 e. The average molecular weight is 370 g/mol. The first-order chi connectivity index (χ1) is 10.5. The molecule has 22 heavy (non-hydrogen) atoms. The Kier molecular flexibility index (Phi) is 7.66. The van der Waals surface area contributed by atoms with Gasteiger partial charge >= 0.3 is 11.9 Å². The topological polar surface area (TPSA) is 64.6 Å². The first-order valence-electron chi connectivity index (χ1n) is 7.01. The molecule has 6 heteroatoms. The summed E-state index contributed by atoms with van der Waals surface area (Å²) in [4.78, 5) is 24.2. The number of rotatable bonds is 8. The Labute approximate surface area is 138 Å². The van der Waals surface area contributed by atoms with Crippen molar-refractivity contribution in [2.24, 2.45) is 5.92 Å². The number of esters is 2. The molecule has 0 saturated carbocycles. The summed E-state index contributed by atoms with van der Waals surface area (Å²) in [7, 11) is 0. The summed E-state index contributed by atoms with van der Waals surface area (Å²) in [6.45, 7) is 7.50. The molecule has 0 amide bonds. The maximum atomic E-state index is 12.2. The summed E-state index contributed by atoms with van der Waals surface area (Å²) in [5.41, 5.74) is 0.692. The van der Waals surface area contributed by atoms with Crippen molar-refractivity contribution in [3.05, 3.63) is 41.4 Å². The fourth-order valence-corrected chi connectivity index (χ4v) is 2.12. The molecular weight excluding hydrogens is 350 g/mol. The molecule has 0 fully saturated rings. The van der Waals surface area contributed by atoms with Gasteiger partial charge in [-0.05, 0) is 38.1 Å². The summed E-state index contributed by atoms with van der Waals surface area (Å²) in [6, 6.07) is 6.36. The molecule has 0 aromatic heterocycles. The van der Waals surface area contributed by atoms with Crippen LogP contribution in [0.15, 0.2) is 41.4 Å². The molecule has 5 nitrogen and oxygen atoms in total. The average Bonchev–Trinajstić information content (AvgIpc) is 2.49. The largest absolute Gasteiger partial charge is 0.465 e. The summed E-state index contributed by atoms with van der Waals surface area (Å²) >= 11 is 3.34. The maximum absolute atomic E-state index is 12.2. The third-order valence-corrected chi connectivity index (χ3v) is 3.41. The van der Waals surface area contributed by atoms with Crippen LogP contribution in [0.4, 0.5) is 5.69 Å². The number of nitrogens with one attached hydrogen (secondary N) is 1. The van der Waals surface area contributed by atoms with Gasteiger partial charge in [-0.15, -0.1) is 6.58 Å². The quantitative estimate of drug-likeness (QED) is 0.563. The number of anilines is 1. The maximum Gasteiger partial charge on any atom is 0.329 e. The van der Waals surface area contributed by atoms with Crippen LogP contribution in [0.2, 0.25) is 0 Å². The lowest BCUT2D eigenvalue weighted by Crippen LogP contribution is -2.42. The van der Waals surface area contributed by atoms with E-state index in [0.29, 0.717) is 5.69 Å². The normalized spacial score (nSPS) is 12.9. The van der Waals surface area contributed by atoms with Crippen molar-refractivity contribution in [1.82, 2.24) is 0 Å². The predicted octanol–water partition coefficient (Wildman–Crippen LogP) is 3.16. The van der Waals surface area contributed by atoms with Gasteiger partial charge in [0.1, 0.15) is 12.0 Å². The highest BCUT2D eigenvalue weighted by molar-refractivity contribution is 9.10. The second kappa shape index (κ2) is 9.25. The number of ether oxygens (including phenoxy) is 2. The van der Waals surface area contributed by atoms with Gasteiger partial charge in [0, 0.05) is 10.2 Å². The van der Waals surface area contributed by atoms with E-state index >= 15 is 0 Å². The molecule has 120 valence electrons. The van der Waals surface area contributed by atoms with E-state index in [-0.39, 0.29) is 13.2 Å². The van der Waals surface area contributed by atoms with Crippen molar-refractivity contribution in [3.63, 3.8) is 0 Å². The van der Waals surface area contributed by atoms with Gasteiger partial charge in [-0.1, -0.05) is 22.0 Å². The van der Waals surface area contributed by atoms with Gasteiger partial charge in [0.25, 0.3) is 0 Å². The molecule has 0 aliphatic rings. The summed E-state index contributed by atoms with van der Waals surface area (Å²) < 4.78 is 11.0. The molecule has 0 bridgehead atoms. The van der Waals surface area contributed by atoms with Crippen LogP contribution >= 0.6 is 15.9 Å². The molecule has 0 spiro atoms. The van der Waals surface area contributed by atoms with E-state index in [4.69, 9.17) is 9.47 Å². The van der Waals surface area contributed by atoms with E-state index in [1.807, 2.05) is 12.1 Å². The molecule has 0 saturated heterocycles. The summed E-state index contributed by atoms with van der Waals surface area (Å²) in [5.74, 6) is -1.87. The molecule has 1 rings (SSSR count). The monoisotopic (exact) mass is 369 g/mol. The highest BCUT2D eigenvalue weighted by Crippen LogP contribution is 2.19. The molecule has 0 heterocycles. The number of hydrogen-bond donors (Lipinski definition) is 1. The van der Waals surface area contributed by atoms with E-state index in [1.165, 1.54) is 6.08 Å². The molecule has 0 radical (unpaired) electrons. The Hall–Kier alpha value is -1.82. The van der Waals surface area contributed by atoms with Gasteiger partial charge in [0.05, 0.1) is 13.2 Å². The lowest BCUT2D eigenvalue weighted by molar-refractivity contribution is -0.153. The van der Waals surface area contributed by atoms with Crippen molar-refractivity contribution >= 4 is 33.6 Å². The van der Waals surface area contributed by atoms with E-state index < -0.39 is 23.9 Å². The van der Waals surface area contributed by atoms with Crippen LogP contribution in [-0.2, 0) is 19.1 Å². The van der Waals surface area contributed by atoms with Gasteiger partial charge in [-0.3, -0.25) is 4.79 Å². The number of halogens is 1. The van der Waals surface area contributed by atoms with Crippen molar-refractivity contribution in [1.29, 1.82) is 0 Å². The van der Waals surface area contributed by atoms with Crippen molar-refractivity contribution < 1.29 is 19.1 Å². The zero-order chi connectivity index (χ0) is 16.5. The second-order valence-corrected chi connectivity index (χ2v) is 5.31. The standard InChI is InChI=1S/C16H20BrNO4/c1-4-13(15(19)21-5-2)14(16(20)22-6-3)18-12-9-7-11(17)8-10-12/h4,7-10,13-14,18H,1,5-6H2,2-3H3/t13-,14+/m0/s1. The van der Waals surface area contributed by atoms with Gasteiger partial charge in [-0.2, -0.15) is 0 Å². The van der Waals surface area contributed by atoms with Crippen LogP contribution in [-0.4, -0.2) is 31.2 Å². The fourth-order valence-electron chi connectivity index (χ4n) is 1.86. The number of carbonyl (C=O) groups excluding carboxylic acids is 2. The molecule has 1 aromatic carbocycles. The highest BCUT2D eigenvalue weighted by atomic mass is 79.9. The van der Waals surface area contributed by atoms with E-state index in [9.17, 15) is 9.59 Å². The van der Waals surface area contributed by atoms with Crippen LogP contribution in [0.25, 0.3) is 0 Å². The Balaban J connectivity index is 3.00. The lowest BCUT2D eigenvalue weighted by Gasteiger charge is -2.23. The molecule has 0 unspecified atom stereocenters. The molecule has 0 aliphatic heterocycles. The number of carbonyl (C=O) groups is 2. The summed E-state index contributed by atoms with van der Waals surface area (Å²) in [5, 5.41) is 3.01. The Morgan fingerprint density at radius 1 is 1.18 bits per heavy atom. The van der Waals surface area contributed by atoms with Crippen LogP contribution in [0.3, 0.4) is 0 Å². The molecular formula is C16H20BrNO4. The minimum atomic E-state index is -0.891. The molecule has 2 atom stereocenters. The summed E-state index contributed by atoms with van der Waals surface area (Å²) in [6.07, 6.45) is 1.39. The van der Waals surface area contributed by atoms with E-state index in [2.05, 4.69) is 27.8 Å². The Bertz CT molecular complexity index is 515. The van der Waals surface area contributed by atoms with Crippen molar-refractivity contribution in [2.45, 2.75) is 19.9 Å². The first-order valence-corrected chi connectivity index (χ1v) is 7.80. The SMILES string of the molecule is C=C[C@H](C(=O)OCC)[C@@H](Nc1ccc(Br)cc1)C(=O)OCC. The van der Waals surface area contributed by atoms with E-state index in [1.54, 1.807) is 26.0 Å². The van der Waals surface area contributed by atoms with E-state index in [0.717, 1.165) is 4.47 Å². The Morgan fingerprint density at radius 2 is 1.73 bits per heavy atom. The van der Waals surface area contributed by atoms with Crippen LogP contribution in [0, 0.1) is 5.92 Å². The number of hydrogen-bond acceptors (Lipinski definition) is 5. The zero-order valence-electron chi connectivity index (χ0n) is 12.7. The van der Waals surface area contributed by atoms with Crippen LogP contribution in [0.1, 0.15) is 13.8 Å². The third kappa shape index (κ3) is 5.18. The second-order valence-electron chi connectivity index (χ2n) is 4.39. The van der Waals surface area contributed by atoms with Gasteiger partial charge in [-0.25, -0.2) is 4.79 Å². The fraction of sp³-hybridized carbons (Fsp3) is 0.375. The third-order valence-electron chi connectivity index (χ3n) is 2.88. The zero-order valence-corrected chi connectivity index (χ0v) is 14.3. The molecule has 0 aliphatic carbocycles. The van der Waals surface area contributed by atoms with Crippen molar-refractivity contribution in [3.8, 4) is 0 Å². The van der Waals surface area contributed by atoms with Gasteiger partial charge in [0.2, 0.25) is 0 Å². The molecule has 1 aromatic rings. The minimum absolute atomic E-state index is 0.226. The highest BCUT2D eigenvalue weighted by Gasteiger charge is 2.33. The van der Waals surface area contributed by atoms with Crippen molar-refractivity contribution in [2.75, 3.05) is 18.5 Å².